The van der Waals surface area contributed by atoms with Crippen molar-refractivity contribution in [2.75, 3.05) is 14.2 Å². The van der Waals surface area contributed by atoms with Gasteiger partial charge in [0.15, 0.2) is 5.82 Å². The first-order chi connectivity index (χ1) is 10.2. The maximum Gasteiger partial charge on any atom is 0.312 e. The smallest absolute Gasteiger partial charge is 0.312 e. The normalized spacial score (nSPS) is 11.1. The van der Waals surface area contributed by atoms with E-state index in [0.717, 1.165) is 5.56 Å². The molecule has 0 radical (unpaired) electrons. The molecule has 2 rings (SSSR count). The van der Waals surface area contributed by atoms with Crippen LogP contribution < -0.4 is 4.74 Å². The number of nitrogens with zero attached hydrogens (tertiary/aromatic N) is 3. The van der Waals surface area contributed by atoms with Crippen molar-refractivity contribution in [3.05, 3.63) is 36.3 Å². The molecule has 1 atom stereocenters. The summed E-state index contributed by atoms with van der Waals surface area (Å²) in [5.74, 6) is 0.674. The fraction of sp³-hybridized carbons (Fsp3) is 0.400. The van der Waals surface area contributed by atoms with E-state index in [-0.39, 0.29) is 11.9 Å². The monoisotopic (exact) mass is 291 g/mol. The molecule has 0 bridgehead atoms. The van der Waals surface area contributed by atoms with Crippen LogP contribution in [0.4, 0.5) is 0 Å². The lowest BCUT2D eigenvalue weighted by molar-refractivity contribution is -0.141. The quantitative estimate of drug-likeness (QED) is 0.810. The van der Waals surface area contributed by atoms with Gasteiger partial charge in [-0.15, -0.1) is 0 Å². The predicted octanol–water partition coefficient (Wildman–Crippen LogP) is 2.58. The average Bonchev–Trinajstić information content (AvgIpc) is 3.05. The van der Waals surface area contributed by atoms with Gasteiger partial charge in [-0.25, -0.2) is 9.67 Å². The molecule has 114 valence electrons. The second kappa shape index (κ2) is 8.04. The number of carbonyl (C=O) groups excluding carboxylic acids is 1. The molecule has 6 heteroatoms. The minimum Gasteiger partial charge on any atom is -0.497 e. The lowest BCUT2D eigenvalue weighted by Crippen LogP contribution is -2.10. The maximum atomic E-state index is 11.5. The predicted molar refractivity (Wildman–Crippen MR) is 79.7 cm³/mol. The molecule has 0 aliphatic heterocycles. The first-order valence-corrected chi connectivity index (χ1v) is 6.78. The minimum absolute atomic E-state index is 0.293. The average molecular weight is 291 g/mol. The van der Waals surface area contributed by atoms with Crippen LogP contribution in [0.25, 0.3) is 5.82 Å². The molecule has 0 N–H and O–H groups in total. The fourth-order valence-corrected chi connectivity index (χ4v) is 1.65. The first kappa shape index (κ1) is 16.7. The van der Waals surface area contributed by atoms with E-state index in [2.05, 4.69) is 10.1 Å². The molecule has 0 aromatic carbocycles. The van der Waals surface area contributed by atoms with Gasteiger partial charge in [0.25, 0.3) is 0 Å². The summed E-state index contributed by atoms with van der Waals surface area (Å²) >= 11 is 0. The van der Waals surface area contributed by atoms with Crippen molar-refractivity contribution >= 4 is 5.97 Å². The molecular formula is C15H21N3O3. The Hall–Kier alpha value is -2.37. The van der Waals surface area contributed by atoms with Crippen LogP contribution in [-0.2, 0) is 9.53 Å². The number of hydrogen-bond donors (Lipinski definition) is 0. The van der Waals surface area contributed by atoms with Gasteiger partial charge < -0.3 is 9.47 Å². The van der Waals surface area contributed by atoms with Gasteiger partial charge in [-0.1, -0.05) is 13.8 Å². The fourth-order valence-electron chi connectivity index (χ4n) is 1.65. The highest BCUT2D eigenvalue weighted by molar-refractivity contribution is 5.77. The van der Waals surface area contributed by atoms with E-state index in [1.807, 2.05) is 13.8 Å². The lowest BCUT2D eigenvalue weighted by atomic mass is 10.1. The summed E-state index contributed by atoms with van der Waals surface area (Å²) in [5, 5.41) is 4.19. The third kappa shape index (κ3) is 4.05. The molecule has 0 spiro atoms. The number of methoxy groups -OCH3 is 2. The van der Waals surface area contributed by atoms with Gasteiger partial charge in [-0.3, -0.25) is 4.79 Å². The summed E-state index contributed by atoms with van der Waals surface area (Å²) in [6.45, 7) is 5.77. The summed E-state index contributed by atoms with van der Waals surface area (Å²) in [5.41, 5.74) is 0.775. The Labute approximate surface area is 124 Å². The second-order valence-electron chi connectivity index (χ2n) is 4.02. The van der Waals surface area contributed by atoms with Gasteiger partial charge in [0.1, 0.15) is 5.75 Å². The molecule has 0 amide bonds. The van der Waals surface area contributed by atoms with Crippen LogP contribution in [0, 0.1) is 0 Å². The molecular weight excluding hydrogens is 270 g/mol. The molecule has 0 saturated carbocycles. The highest BCUT2D eigenvalue weighted by Crippen LogP contribution is 2.18. The van der Waals surface area contributed by atoms with Crippen molar-refractivity contribution in [1.29, 1.82) is 0 Å². The summed E-state index contributed by atoms with van der Waals surface area (Å²) < 4.78 is 11.4. The van der Waals surface area contributed by atoms with Gasteiger partial charge in [0.2, 0.25) is 0 Å². The van der Waals surface area contributed by atoms with Crippen molar-refractivity contribution < 1.29 is 14.3 Å². The summed E-state index contributed by atoms with van der Waals surface area (Å²) in [6, 6.07) is 3.52. The maximum absolute atomic E-state index is 11.5. The Balaban J connectivity index is 0.00000106. The van der Waals surface area contributed by atoms with E-state index in [1.54, 1.807) is 49.4 Å². The summed E-state index contributed by atoms with van der Waals surface area (Å²) in [6.07, 6.45) is 5.02. The Morgan fingerprint density at radius 2 is 2.05 bits per heavy atom. The van der Waals surface area contributed by atoms with Gasteiger partial charge >= 0.3 is 5.97 Å². The number of ether oxygens (including phenoxy) is 2. The highest BCUT2D eigenvalue weighted by atomic mass is 16.5. The lowest BCUT2D eigenvalue weighted by Gasteiger charge is -2.05. The van der Waals surface area contributed by atoms with Crippen LogP contribution in [0.5, 0.6) is 5.75 Å². The molecule has 2 aromatic heterocycles. The SMILES string of the molecule is CC.COC(=O)C(C)c1cnn(-c2cc(OC)ccn2)c1. The summed E-state index contributed by atoms with van der Waals surface area (Å²) in [7, 11) is 2.96. The molecule has 0 aliphatic carbocycles. The molecule has 0 fully saturated rings. The van der Waals surface area contributed by atoms with Crippen molar-refractivity contribution in [1.82, 2.24) is 14.8 Å². The Kier molecular flexibility index (Phi) is 6.39. The van der Waals surface area contributed by atoms with Crippen LogP contribution in [0.15, 0.2) is 30.7 Å². The number of aromatic nitrogens is 3. The van der Waals surface area contributed by atoms with Crippen molar-refractivity contribution in [2.45, 2.75) is 26.7 Å². The zero-order chi connectivity index (χ0) is 15.8. The third-order valence-corrected chi connectivity index (χ3v) is 2.84. The Bertz CT molecular complexity index is 581. The summed E-state index contributed by atoms with van der Waals surface area (Å²) in [4.78, 5) is 15.7. The van der Waals surface area contributed by atoms with Crippen molar-refractivity contribution in [3.63, 3.8) is 0 Å². The van der Waals surface area contributed by atoms with Crippen molar-refractivity contribution in [2.24, 2.45) is 0 Å². The number of hydrogen-bond acceptors (Lipinski definition) is 5. The molecule has 2 aromatic rings. The number of esters is 1. The number of pyridine rings is 1. The van der Waals surface area contributed by atoms with E-state index >= 15 is 0 Å². The zero-order valence-electron chi connectivity index (χ0n) is 13.0. The minimum atomic E-state index is -0.357. The van der Waals surface area contributed by atoms with Crippen LogP contribution in [0.2, 0.25) is 0 Å². The van der Waals surface area contributed by atoms with E-state index in [0.29, 0.717) is 11.6 Å². The molecule has 21 heavy (non-hydrogen) atoms. The van der Waals surface area contributed by atoms with E-state index in [1.165, 1.54) is 7.11 Å². The Morgan fingerprint density at radius 1 is 1.33 bits per heavy atom. The first-order valence-electron chi connectivity index (χ1n) is 6.78. The molecule has 2 heterocycles. The van der Waals surface area contributed by atoms with Gasteiger partial charge in [0, 0.05) is 24.0 Å². The van der Waals surface area contributed by atoms with Crippen LogP contribution in [-0.4, -0.2) is 35.0 Å². The zero-order valence-corrected chi connectivity index (χ0v) is 13.0. The molecule has 0 aliphatic rings. The van der Waals surface area contributed by atoms with E-state index < -0.39 is 0 Å². The van der Waals surface area contributed by atoms with E-state index in [9.17, 15) is 4.79 Å². The van der Waals surface area contributed by atoms with E-state index in [4.69, 9.17) is 9.47 Å². The molecule has 1 unspecified atom stereocenters. The van der Waals surface area contributed by atoms with Gasteiger partial charge in [-0.2, -0.15) is 5.10 Å². The molecule has 6 nitrogen and oxygen atoms in total. The van der Waals surface area contributed by atoms with Crippen LogP contribution in [0.1, 0.15) is 32.3 Å². The van der Waals surface area contributed by atoms with Gasteiger partial charge in [0.05, 0.1) is 26.3 Å². The third-order valence-electron chi connectivity index (χ3n) is 2.84. The number of carbonyl (C=O) groups is 1. The topological polar surface area (TPSA) is 66.2 Å². The van der Waals surface area contributed by atoms with Crippen LogP contribution in [0.3, 0.4) is 0 Å². The van der Waals surface area contributed by atoms with Gasteiger partial charge in [-0.05, 0) is 13.0 Å². The largest absolute Gasteiger partial charge is 0.497 e. The van der Waals surface area contributed by atoms with Crippen LogP contribution >= 0.6 is 0 Å². The number of rotatable bonds is 4. The van der Waals surface area contributed by atoms with Crippen molar-refractivity contribution in [3.8, 4) is 11.6 Å². The highest BCUT2D eigenvalue weighted by Gasteiger charge is 2.17. The Morgan fingerprint density at radius 3 is 2.67 bits per heavy atom. The second-order valence-corrected chi connectivity index (χ2v) is 4.02. The molecule has 0 saturated heterocycles. The standard InChI is InChI=1S/C13H15N3O3.C2H6/c1-9(13(17)19-3)10-7-15-16(8-10)12-6-11(18-2)4-5-14-12;1-2/h4-9H,1-3H3;1-2H3.